The second-order valence-electron chi connectivity index (χ2n) is 4.64. The average Bonchev–Trinajstić information content (AvgIpc) is 3.10. The first-order valence-electron chi connectivity index (χ1n) is 6.08. The predicted molar refractivity (Wildman–Crippen MR) is 62.3 cm³/mol. The molecule has 92 valence electrons. The van der Waals surface area contributed by atoms with Crippen LogP contribution in [0.5, 0.6) is 0 Å². The molecule has 2 aromatic heterocycles. The Morgan fingerprint density at radius 2 is 2.17 bits per heavy atom. The van der Waals surface area contributed by atoms with Crippen LogP contribution in [0.3, 0.4) is 0 Å². The van der Waals surface area contributed by atoms with Gasteiger partial charge >= 0.3 is 0 Å². The van der Waals surface area contributed by atoms with Crippen molar-refractivity contribution >= 4 is 0 Å². The van der Waals surface area contributed by atoms with E-state index in [1.165, 1.54) is 6.42 Å². The monoisotopic (exact) mass is 243 g/mol. The van der Waals surface area contributed by atoms with Crippen LogP contribution in [-0.4, -0.2) is 20.1 Å². The molecule has 18 heavy (non-hydrogen) atoms. The van der Waals surface area contributed by atoms with Gasteiger partial charge in [-0.2, -0.15) is 10.2 Å². The van der Waals surface area contributed by atoms with E-state index in [2.05, 4.69) is 26.2 Å². The van der Waals surface area contributed by atoms with E-state index >= 15 is 0 Å². The SMILES string of the molecule is N#CC1(c2nc(-c3cnc[nH]3)no2)CCCCC1. The van der Waals surface area contributed by atoms with Crippen LogP contribution in [0, 0.1) is 11.3 Å². The minimum absolute atomic E-state index is 0.439. The summed E-state index contributed by atoms with van der Waals surface area (Å²) in [6.45, 7) is 0. The van der Waals surface area contributed by atoms with Gasteiger partial charge in [0.15, 0.2) is 0 Å². The fourth-order valence-corrected chi connectivity index (χ4v) is 2.43. The Hall–Kier alpha value is -2.16. The van der Waals surface area contributed by atoms with Gasteiger partial charge in [-0.3, -0.25) is 0 Å². The Bertz CT molecular complexity index is 560. The van der Waals surface area contributed by atoms with Crippen molar-refractivity contribution in [1.82, 2.24) is 20.1 Å². The zero-order chi connectivity index (χ0) is 12.4. The van der Waals surface area contributed by atoms with E-state index < -0.39 is 5.41 Å². The number of nitrogens with zero attached hydrogens (tertiary/aromatic N) is 4. The molecular weight excluding hydrogens is 230 g/mol. The van der Waals surface area contributed by atoms with Crippen molar-refractivity contribution in [3.05, 3.63) is 18.4 Å². The van der Waals surface area contributed by atoms with E-state index in [-0.39, 0.29) is 0 Å². The van der Waals surface area contributed by atoms with Gasteiger partial charge in [0.25, 0.3) is 0 Å². The molecule has 0 saturated heterocycles. The summed E-state index contributed by atoms with van der Waals surface area (Å²) >= 11 is 0. The van der Waals surface area contributed by atoms with Crippen molar-refractivity contribution in [3.8, 4) is 17.6 Å². The number of aromatic amines is 1. The van der Waals surface area contributed by atoms with E-state index in [0.29, 0.717) is 17.4 Å². The van der Waals surface area contributed by atoms with E-state index in [1.807, 2.05) is 0 Å². The maximum atomic E-state index is 9.44. The summed E-state index contributed by atoms with van der Waals surface area (Å²) < 4.78 is 5.29. The van der Waals surface area contributed by atoms with Crippen molar-refractivity contribution < 1.29 is 4.52 Å². The third-order valence-corrected chi connectivity index (χ3v) is 3.50. The first kappa shape index (κ1) is 11.0. The number of H-pyrrole nitrogens is 1. The molecular formula is C12H13N5O. The summed E-state index contributed by atoms with van der Waals surface area (Å²) in [5.41, 5.74) is 0.109. The van der Waals surface area contributed by atoms with Crippen molar-refractivity contribution in [2.24, 2.45) is 0 Å². The lowest BCUT2D eigenvalue weighted by Crippen LogP contribution is -2.27. The smallest absolute Gasteiger partial charge is 0.247 e. The van der Waals surface area contributed by atoms with E-state index in [1.54, 1.807) is 12.5 Å². The normalized spacial score (nSPS) is 18.4. The Kier molecular flexibility index (Phi) is 2.59. The summed E-state index contributed by atoms with van der Waals surface area (Å²) in [4.78, 5) is 11.2. The molecule has 2 aromatic rings. The van der Waals surface area contributed by atoms with Crippen molar-refractivity contribution in [3.63, 3.8) is 0 Å². The Morgan fingerprint density at radius 3 is 2.83 bits per heavy atom. The molecule has 0 aliphatic heterocycles. The standard InChI is InChI=1S/C12H13N5O/c13-7-12(4-2-1-3-5-12)11-16-10(17-18-11)9-6-14-8-15-9/h6,8H,1-5H2,(H,14,15). The van der Waals surface area contributed by atoms with Gasteiger partial charge in [0.2, 0.25) is 11.7 Å². The molecule has 0 bridgehead atoms. The van der Waals surface area contributed by atoms with Gasteiger partial charge in [-0.1, -0.05) is 24.4 Å². The first-order valence-corrected chi connectivity index (χ1v) is 6.08. The van der Waals surface area contributed by atoms with Crippen LogP contribution in [-0.2, 0) is 5.41 Å². The molecule has 1 aliphatic rings. The molecule has 0 aromatic carbocycles. The fourth-order valence-electron chi connectivity index (χ4n) is 2.43. The molecule has 1 aliphatic carbocycles. The highest BCUT2D eigenvalue weighted by Crippen LogP contribution is 2.38. The van der Waals surface area contributed by atoms with E-state index in [0.717, 1.165) is 25.7 Å². The Labute approximate surface area is 104 Å². The summed E-state index contributed by atoms with van der Waals surface area (Å²) in [6.07, 6.45) is 8.04. The number of imidazole rings is 1. The van der Waals surface area contributed by atoms with Crippen LogP contribution >= 0.6 is 0 Å². The second kappa shape index (κ2) is 4.26. The van der Waals surface area contributed by atoms with Crippen LogP contribution in [0.1, 0.15) is 38.0 Å². The number of hydrogen-bond donors (Lipinski definition) is 1. The quantitative estimate of drug-likeness (QED) is 0.872. The van der Waals surface area contributed by atoms with Crippen LogP contribution in [0.2, 0.25) is 0 Å². The first-order chi connectivity index (χ1) is 8.84. The lowest BCUT2D eigenvalue weighted by atomic mass is 9.75. The van der Waals surface area contributed by atoms with E-state index in [4.69, 9.17) is 4.52 Å². The highest BCUT2D eigenvalue weighted by atomic mass is 16.5. The van der Waals surface area contributed by atoms with Gasteiger partial charge in [0.05, 0.1) is 18.6 Å². The summed E-state index contributed by atoms with van der Waals surface area (Å²) in [5.74, 6) is 0.900. The third kappa shape index (κ3) is 1.68. The second-order valence-corrected chi connectivity index (χ2v) is 4.64. The number of hydrogen-bond acceptors (Lipinski definition) is 5. The van der Waals surface area contributed by atoms with Gasteiger partial charge in [0, 0.05) is 0 Å². The molecule has 1 N–H and O–H groups in total. The lowest BCUT2D eigenvalue weighted by Gasteiger charge is -2.26. The number of nitrogens with one attached hydrogen (secondary N) is 1. The molecule has 0 radical (unpaired) electrons. The molecule has 0 atom stereocenters. The maximum absolute atomic E-state index is 9.44. The van der Waals surface area contributed by atoms with Crippen LogP contribution in [0.25, 0.3) is 11.5 Å². The fraction of sp³-hybridized carbons (Fsp3) is 0.500. The van der Waals surface area contributed by atoms with Crippen molar-refractivity contribution in [1.29, 1.82) is 5.26 Å². The zero-order valence-corrected chi connectivity index (χ0v) is 9.89. The molecule has 0 spiro atoms. The van der Waals surface area contributed by atoms with Gasteiger partial charge in [-0.15, -0.1) is 0 Å². The maximum Gasteiger partial charge on any atom is 0.247 e. The zero-order valence-electron chi connectivity index (χ0n) is 9.89. The number of nitriles is 1. The molecule has 0 amide bonds. The van der Waals surface area contributed by atoms with E-state index in [9.17, 15) is 5.26 Å². The van der Waals surface area contributed by atoms with Gasteiger partial charge in [0.1, 0.15) is 11.1 Å². The number of aromatic nitrogens is 4. The minimum atomic E-state index is -0.594. The molecule has 6 heteroatoms. The minimum Gasteiger partial charge on any atom is -0.342 e. The molecule has 2 heterocycles. The average molecular weight is 243 g/mol. The summed E-state index contributed by atoms with van der Waals surface area (Å²) in [5, 5.41) is 13.4. The topological polar surface area (TPSA) is 91.4 Å². The lowest BCUT2D eigenvalue weighted by molar-refractivity contribution is 0.264. The Morgan fingerprint density at radius 1 is 1.33 bits per heavy atom. The number of rotatable bonds is 2. The van der Waals surface area contributed by atoms with Crippen LogP contribution in [0.4, 0.5) is 0 Å². The van der Waals surface area contributed by atoms with Gasteiger partial charge in [-0.25, -0.2) is 4.98 Å². The molecule has 0 unspecified atom stereocenters. The predicted octanol–water partition coefficient (Wildman–Crippen LogP) is 2.19. The summed E-state index contributed by atoms with van der Waals surface area (Å²) in [7, 11) is 0. The van der Waals surface area contributed by atoms with Crippen molar-refractivity contribution in [2.45, 2.75) is 37.5 Å². The van der Waals surface area contributed by atoms with Crippen molar-refractivity contribution in [2.75, 3.05) is 0 Å². The molecule has 6 nitrogen and oxygen atoms in total. The van der Waals surface area contributed by atoms with Gasteiger partial charge < -0.3 is 9.51 Å². The third-order valence-electron chi connectivity index (χ3n) is 3.50. The highest BCUT2D eigenvalue weighted by Gasteiger charge is 2.39. The summed E-state index contributed by atoms with van der Waals surface area (Å²) in [6, 6.07) is 2.37. The molecule has 1 saturated carbocycles. The molecule has 3 rings (SSSR count). The van der Waals surface area contributed by atoms with Crippen LogP contribution < -0.4 is 0 Å². The molecule has 1 fully saturated rings. The Balaban J connectivity index is 1.95. The largest absolute Gasteiger partial charge is 0.342 e. The highest BCUT2D eigenvalue weighted by molar-refractivity contribution is 5.46. The van der Waals surface area contributed by atoms with Gasteiger partial charge in [-0.05, 0) is 12.8 Å². The van der Waals surface area contributed by atoms with Crippen LogP contribution in [0.15, 0.2) is 17.0 Å².